The number of anilines is 6. The Morgan fingerprint density at radius 1 is 0.239 bits per heavy atom. The highest BCUT2D eigenvalue weighted by Crippen LogP contribution is 2.58. The van der Waals surface area contributed by atoms with Gasteiger partial charge in [0.1, 0.15) is 0 Å². The van der Waals surface area contributed by atoms with Gasteiger partial charge in [-0.1, -0.05) is 218 Å². The molecule has 1 aliphatic carbocycles. The third kappa shape index (κ3) is 7.19. The van der Waals surface area contributed by atoms with Crippen molar-refractivity contribution in [2.45, 2.75) is 5.41 Å². The van der Waals surface area contributed by atoms with Gasteiger partial charge in [-0.3, -0.25) is 0 Å². The van der Waals surface area contributed by atoms with Crippen LogP contribution in [0.2, 0.25) is 0 Å². The monoisotopic (exact) mass is 904 g/mol. The number of fused-ring (bicyclic) bond motifs is 6. The van der Waals surface area contributed by atoms with Crippen LogP contribution < -0.4 is 9.80 Å². The molecule has 0 unspecified atom stereocenters. The van der Waals surface area contributed by atoms with Gasteiger partial charge in [-0.15, -0.1) is 0 Å². The fourth-order valence-corrected chi connectivity index (χ4v) is 11.3. The zero-order valence-corrected chi connectivity index (χ0v) is 39.1. The van der Waals surface area contributed by atoms with E-state index >= 15 is 0 Å². The first kappa shape index (κ1) is 41.9. The SMILES string of the molecule is c1ccc(-c2ccc(N(c3cccc(N(c4ccccc4)c4cccc(-c5ccccc5)c4)c3)c3cc4ccccc4c4cc5c(cc34)-c3ccccc3C5(c3ccccc3)c3ccccc3)cc2)cc1. The van der Waals surface area contributed by atoms with Gasteiger partial charge in [-0.05, 0) is 145 Å². The number of hydrogen-bond donors (Lipinski definition) is 0. The lowest BCUT2D eigenvalue weighted by Gasteiger charge is -2.34. The molecule has 12 aromatic rings. The van der Waals surface area contributed by atoms with Crippen LogP contribution in [0.3, 0.4) is 0 Å². The minimum absolute atomic E-state index is 0.528. The summed E-state index contributed by atoms with van der Waals surface area (Å²) >= 11 is 0. The predicted molar refractivity (Wildman–Crippen MR) is 299 cm³/mol. The molecule has 13 rings (SSSR count). The topological polar surface area (TPSA) is 6.48 Å². The van der Waals surface area contributed by atoms with Crippen molar-refractivity contribution in [3.05, 3.63) is 313 Å². The predicted octanol–water partition coefficient (Wildman–Crippen LogP) is 18.6. The summed E-state index contributed by atoms with van der Waals surface area (Å²) in [6.07, 6.45) is 0. The van der Waals surface area contributed by atoms with Crippen LogP contribution >= 0.6 is 0 Å². The fourth-order valence-electron chi connectivity index (χ4n) is 11.3. The Bertz CT molecular complexity index is 3810. The minimum atomic E-state index is -0.528. The summed E-state index contributed by atoms with van der Waals surface area (Å²) in [5.74, 6) is 0. The lowest BCUT2D eigenvalue weighted by atomic mass is 9.67. The molecular weight excluding hydrogens is 857 g/mol. The van der Waals surface area contributed by atoms with Crippen molar-refractivity contribution in [1.29, 1.82) is 0 Å². The fraction of sp³-hybridized carbons (Fsp3) is 0.0145. The molecular formula is C69H48N2. The van der Waals surface area contributed by atoms with Gasteiger partial charge < -0.3 is 9.80 Å². The third-order valence-corrected chi connectivity index (χ3v) is 14.5. The molecule has 334 valence electrons. The molecule has 0 saturated heterocycles. The standard InChI is InChI=1S/C69H48N2/c1-6-22-49(23-7-1)51-40-42-57(43-41-51)71(60-36-21-35-59(46-60)70(56-32-14-5-15-33-56)58-34-20-27-52(44-58)50-24-8-2-9-25-50)68-45-53-26-16-17-37-61(53)63-48-67-64(47-65(63)68)62-38-18-19-39-66(62)69(67,54-28-10-3-11-29-54)55-30-12-4-13-31-55/h1-48H. The average Bonchev–Trinajstić information content (AvgIpc) is 3.75. The number of benzene rings is 12. The highest BCUT2D eigenvalue weighted by Gasteiger charge is 2.46. The largest absolute Gasteiger partial charge is 0.310 e. The zero-order valence-electron chi connectivity index (χ0n) is 39.1. The molecule has 0 heterocycles. The summed E-state index contributed by atoms with van der Waals surface area (Å²) in [5, 5.41) is 4.80. The van der Waals surface area contributed by atoms with E-state index in [9.17, 15) is 0 Å². The van der Waals surface area contributed by atoms with Crippen LogP contribution in [0.15, 0.2) is 291 Å². The van der Waals surface area contributed by atoms with Crippen LogP contribution in [-0.2, 0) is 5.41 Å². The molecule has 0 amide bonds. The highest BCUT2D eigenvalue weighted by atomic mass is 15.2. The van der Waals surface area contributed by atoms with E-state index in [0.717, 1.165) is 34.1 Å². The van der Waals surface area contributed by atoms with Crippen molar-refractivity contribution in [3.8, 4) is 33.4 Å². The van der Waals surface area contributed by atoms with E-state index in [1.165, 1.54) is 77.2 Å². The quantitative estimate of drug-likeness (QED) is 0.126. The van der Waals surface area contributed by atoms with E-state index in [1.54, 1.807) is 0 Å². The van der Waals surface area contributed by atoms with Crippen LogP contribution in [0, 0.1) is 0 Å². The molecule has 0 aromatic heterocycles. The second kappa shape index (κ2) is 17.7. The number of rotatable bonds is 10. The summed E-state index contributed by atoms with van der Waals surface area (Å²) in [5.41, 5.74) is 18.2. The average molecular weight is 905 g/mol. The van der Waals surface area contributed by atoms with E-state index in [1.807, 2.05) is 0 Å². The highest BCUT2D eigenvalue weighted by molar-refractivity contribution is 6.17. The van der Waals surface area contributed by atoms with Gasteiger partial charge >= 0.3 is 0 Å². The Hall–Kier alpha value is -9.24. The van der Waals surface area contributed by atoms with Crippen molar-refractivity contribution in [1.82, 2.24) is 0 Å². The molecule has 0 saturated carbocycles. The first-order chi connectivity index (χ1) is 35.2. The Balaban J connectivity index is 1.07. The second-order valence-electron chi connectivity index (χ2n) is 18.4. The Kier molecular flexibility index (Phi) is 10.4. The summed E-state index contributed by atoms with van der Waals surface area (Å²) in [6, 6.07) is 107. The van der Waals surface area contributed by atoms with Crippen molar-refractivity contribution < 1.29 is 0 Å². The van der Waals surface area contributed by atoms with Crippen LogP contribution in [0.4, 0.5) is 34.1 Å². The van der Waals surface area contributed by atoms with E-state index < -0.39 is 5.41 Å². The first-order valence-electron chi connectivity index (χ1n) is 24.5. The molecule has 1 aliphatic rings. The van der Waals surface area contributed by atoms with Gasteiger partial charge in [-0.25, -0.2) is 0 Å². The maximum atomic E-state index is 2.53. The molecule has 0 bridgehead atoms. The normalized spacial score (nSPS) is 12.3. The Labute approximate surface area is 415 Å². The summed E-state index contributed by atoms with van der Waals surface area (Å²) in [7, 11) is 0. The summed E-state index contributed by atoms with van der Waals surface area (Å²) in [6.45, 7) is 0. The number of nitrogens with zero attached hydrogens (tertiary/aromatic N) is 2. The van der Waals surface area contributed by atoms with E-state index in [4.69, 9.17) is 0 Å². The van der Waals surface area contributed by atoms with E-state index in [2.05, 4.69) is 301 Å². The van der Waals surface area contributed by atoms with Gasteiger partial charge in [0.25, 0.3) is 0 Å². The van der Waals surface area contributed by atoms with Crippen LogP contribution in [0.25, 0.3) is 54.9 Å². The van der Waals surface area contributed by atoms with Crippen molar-refractivity contribution in [3.63, 3.8) is 0 Å². The Morgan fingerprint density at radius 3 is 1.39 bits per heavy atom. The van der Waals surface area contributed by atoms with Gasteiger partial charge in [0.2, 0.25) is 0 Å². The molecule has 0 radical (unpaired) electrons. The van der Waals surface area contributed by atoms with Crippen molar-refractivity contribution in [2.24, 2.45) is 0 Å². The molecule has 12 aromatic carbocycles. The van der Waals surface area contributed by atoms with E-state index in [0.29, 0.717) is 0 Å². The molecule has 0 aliphatic heterocycles. The second-order valence-corrected chi connectivity index (χ2v) is 18.4. The Morgan fingerprint density at radius 2 is 0.718 bits per heavy atom. The first-order valence-corrected chi connectivity index (χ1v) is 24.5. The number of para-hydroxylation sites is 1. The molecule has 2 nitrogen and oxygen atoms in total. The lowest BCUT2D eigenvalue weighted by Crippen LogP contribution is -2.28. The molecule has 0 fully saturated rings. The molecule has 71 heavy (non-hydrogen) atoms. The molecule has 0 spiro atoms. The van der Waals surface area contributed by atoms with Gasteiger partial charge in [0.15, 0.2) is 0 Å². The van der Waals surface area contributed by atoms with E-state index in [-0.39, 0.29) is 0 Å². The number of hydrogen-bond acceptors (Lipinski definition) is 2. The van der Waals surface area contributed by atoms with Crippen LogP contribution in [0.5, 0.6) is 0 Å². The third-order valence-electron chi connectivity index (χ3n) is 14.5. The van der Waals surface area contributed by atoms with Gasteiger partial charge in [-0.2, -0.15) is 0 Å². The molecule has 0 atom stereocenters. The molecule has 0 N–H and O–H groups in total. The van der Waals surface area contributed by atoms with Gasteiger partial charge in [0, 0.05) is 33.8 Å². The van der Waals surface area contributed by atoms with Crippen molar-refractivity contribution in [2.75, 3.05) is 9.80 Å². The van der Waals surface area contributed by atoms with Gasteiger partial charge in [0.05, 0.1) is 11.1 Å². The summed E-state index contributed by atoms with van der Waals surface area (Å²) < 4.78 is 0. The molecule has 2 heteroatoms. The maximum Gasteiger partial charge on any atom is 0.0713 e. The maximum absolute atomic E-state index is 2.53. The zero-order chi connectivity index (χ0) is 47.1. The van der Waals surface area contributed by atoms with Crippen LogP contribution in [0.1, 0.15) is 22.3 Å². The van der Waals surface area contributed by atoms with Crippen molar-refractivity contribution >= 4 is 55.7 Å². The minimum Gasteiger partial charge on any atom is -0.310 e. The van der Waals surface area contributed by atoms with Crippen LogP contribution in [-0.4, -0.2) is 0 Å². The smallest absolute Gasteiger partial charge is 0.0713 e. The summed E-state index contributed by atoms with van der Waals surface area (Å²) in [4.78, 5) is 4.85. The lowest BCUT2D eigenvalue weighted by molar-refractivity contribution is 0.769.